The zero-order valence-corrected chi connectivity index (χ0v) is 10.4. The monoisotopic (exact) mass is 231 g/mol. The molecular weight excluding hydrogens is 214 g/mol. The maximum atomic E-state index is 11.1. The first kappa shape index (κ1) is 11.7. The van der Waals surface area contributed by atoms with E-state index in [1.54, 1.807) is 6.07 Å². The third-order valence-corrected chi connectivity index (χ3v) is 3.13. The molecule has 1 aromatic carbocycles. The summed E-state index contributed by atoms with van der Waals surface area (Å²) in [6.45, 7) is 6.91. The average Bonchev–Trinajstić information content (AvgIpc) is 2.66. The third kappa shape index (κ3) is 1.93. The summed E-state index contributed by atoms with van der Waals surface area (Å²) in [5, 5.41) is 10.1. The molecule has 3 nitrogen and oxygen atoms in total. The van der Waals surface area contributed by atoms with Crippen LogP contribution in [0.2, 0.25) is 0 Å². The van der Waals surface area contributed by atoms with Gasteiger partial charge in [-0.2, -0.15) is 0 Å². The van der Waals surface area contributed by atoms with E-state index < -0.39 is 5.97 Å². The number of carboxylic acids is 1. The molecule has 0 aliphatic carbocycles. The lowest BCUT2D eigenvalue weighted by molar-refractivity contribution is 0.0686. The minimum atomic E-state index is -0.867. The Morgan fingerprint density at radius 2 is 2.06 bits per heavy atom. The van der Waals surface area contributed by atoms with Crippen LogP contribution in [0.3, 0.4) is 0 Å². The predicted molar refractivity (Wildman–Crippen MR) is 68.7 cm³/mol. The lowest BCUT2D eigenvalue weighted by Gasteiger charge is -2.08. The first-order valence-electron chi connectivity index (χ1n) is 5.91. The molecule has 0 unspecified atom stereocenters. The summed E-state index contributed by atoms with van der Waals surface area (Å²) in [5.74, 6) is -0.415. The van der Waals surface area contributed by atoms with Gasteiger partial charge in [-0.3, -0.25) is 0 Å². The topological polar surface area (TPSA) is 42.2 Å². The molecule has 0 aliphatic rings. The van der Waals surface area contributed by atoms with Gasteiger partial charge in [-0.05, 0) is 30.5 Å². The maximum absolute atomic E-state index is 11.1. The zero-order chi connectivity index (χ0) is 12.6. The fraction of sp³-hybridized carbons (Fsp3) is 0.357. The standard InChI is InChI=1S/C14H17NO2/c1-4-15-12-7-10(9(2)3)5-6-11(12)8-13(15)14(16)17/h5-9H,4H2,1-3H3,(H,16,17). The largest absolute Gasteiger partial charge is 0.477 e. The summed E-state index contributed by atoms with van der Waals surface area (Å²) in [6.07, 6.45) is 0. The summed E-state index contributed by atoms with van der Waals surface area (Å²) in [7, 11) is 0. The first-order valence-corrected chi connectivity index (χ1v) is 5.91. The predicted octanol–water partition coefficient (Wildman–Crippen LogP) is 3.48. The molecule has 0 atom stereocenters. The molecule has 1 aromatic heterocycles. The van der Waals surface area contributed by atoms with Crippen molar-refractivity contribution in [3.8, 4) is 0 Å². The molecule has 0 saturated heterocycles. The molecule has 1 N–H and O–H groups in total. The Hall–Kier alpha value is -1.77. The van der Waals surface area contributed by atoms with E-state index >= 15 is 0 Å². The third-order valence-electron chi connectivity index (χ3n) is 3.13. The van der Waals surface area contributed by atoms with Crippen molar-refractivity contribution in [2.45, 2.75) is 33.2 Å². The molecular formula is C14H17NO2. The minimum Gasteiger partial charge on any atom is -0.477 e. The number of aromatic nitrogens is 1. The number of hydrogen-bond donors (Lipinski definition) is 1. The second kappa shape index (κ2) is 4.24. The lowest BCUT2D eigenvalue weighted by atomic mass is 10.0. The van der Waals surface area contributed by atoms with Gasteiger partial charge in [-0.1, -0.05) is 26.0 Å². The summed E-state index contributed by atoms with van der Waals surface area (Å²) in [4.78, 5) is 11.1. The Kier molecular flexibility index (Phi) is 2.92. The molecule has 2 aromatic rings. The molecule has 90 valence electrons. The fourth-order valence-electron chi connectivity index (χ4n) is 2.15. The molecule has 0 spiro atoms. The van der Waals surface area contributed by atoms with Crippen LogP contribution in [0.5, 0.6) is 0 Å². The number of rotatable bonds is 3. The van der Waals surface area contributed by atoms with Crippen LogP contribution < -0.4 is 0 Å². The Bertz CT molecular complexity index is 567. The van der Waals surface area contributed by atoms with Gasteiger partial charge < -0.3 is 9.67 Å². The normalized spacial score (nSPS) is 11.3. The highest BCUT2D eigenvalue weighted by Gasteiger charge is 2.14. The molecule has 0 amide bonds. The Balaban J connectivity index is 2.71. The molecule has 1 heterocycles. The molecule has 0 bridgehead atoms. The van der Waals surface area contributed by atoms with Gasteiger partial charge in [0.2, 0.25) is 0 Å². The second-order valence-corrected chi connectivity index (χ2v) is 4.55. The van der Waals surface area contributed by atoms with Crippen LogP contribution >= 0.6 is 0 Å². The smallest absolute Gasteiger partial charge is 0.352 e. The molecule has 2 rings (SSSR count). The van der Waals surface area contributed by atoms with E-state index in [1.807, 2.05) is 17.6 Å². The van der Waals surface area contributed by atoms with E-state index in [4.69, 9.17) is 5.11 Å². The van der Waals surface area contributed by atoms with Crippen LogP contribution in [0.25, 0.3) is 10.9 Å². The average molecular weight is 231 g/mol. The molecule has 0 aliphatic heterocycles. The Morgan fingerprint density at radius 3 is 2.59 bits per heavy atom. The number of benzene rings is 1. The van der Waals surface area contributed by atoms with Gasteiger partial charge in [-0.15, -0.1) is 0 Å². The van der Waals surface area contributed by atoms with Crippen LogP contribution in [-0.4, -0.2) is 15.6 Å². The van der Waals surface area contributed by atoms with Crippen molar-refractivity contribution >= 4 is 16.9 Å². The Morgan fingerprint density at radius 1 is 1.35 bits per heavy atom. The van der Waals surface area contributed by atoms with Gasteiger partial charge in [0.15, 0.2) is 0 Å². The van der Waals surface area contributed by atoms with Gasteiger partial charge in [0.1, 0.15) is 5.69 Å². The van der Waals surface area contributed by atoms with E-state index in [9.17, 15) is 4.79 Å². The highest BCUT2D eigenvalue weighted by molar-refractivity contribution is 5.94. The van der Waals surface area contributed by atoms with Crippen LogP contribution in [0.1, 0.15) is 42.7 Å². The van der Waals surface area contributed by atoms with Gasteiger partial charge in [0, 0.05) is 17.4 Å². The number of carboxylic acid groups (broad SMARTS) is 1. The van der Waals surface area contributed by atoms with Crippen LogP contribution in [0.15, 0.2) is 24.3 Å². The van der Waals surface area contributed by atoms with Gasteiger partial charge >= 0.3 is 5.97 Å². The van der Waals surface area contributed by atoms with Crippen LogP contribution in [0, 0.1) is 0 Å². The molecule has 17 heavy (non-hydrogen) atoms. The zero-order valence-electron chi connectivity index (χ0n) is 10.4. The van der Waals surface area contributed by atoms with Gasteiger partial charge in [-0.25, -0.2) is 4.79 Å². The summed E-state index contributed by atoms with van der Waals surface area (Å²) < 4.78 is 1.85. The molecule has 0 radical (unpaired) electrons. The van der Waals surface area contributed by atoms with Crippen molar-refractivity contribution < 1.29 is 9.90 Å². The first-order chi connectivity index (χ1) is 8.04. The number of carbonyl (C=O) groups is 1. The van der Waals surface area contributed by atoms with Crippen molar-refractivity contribution in [3.63, 3.8) is 0 Å². The summed E-state index contributed by atoms with van der Waals surface area (Å²) in [5.41, 5.74) is 2.61. The second-order valence-electron chi connectivity index (χ2n) is 4.55. The molecule has 0 saturated carbocycles. The van der Waals surface area contributed by atoms with E-state index in [1.165, 1.54) is 5.56 Å². The fourth-order valence-corrected chi connectivity index (χ4v) is 2.15. The van der Waals surface area contributed by atoms with E-state index in [2.05, 4.69) is 26.0 Å². The minimum absolute atomic E-state index is 0.364. The number of aromatic carboxylic acids is 1. The highest BCUT2D eigenvalue weighted by atomic mass is 16.4. The van der Waals surface area contributed by atoms with Crippen LogP contribution in [0.4, 0.5) is 0 Å². The van der Waals surface area contributed by atoms with Crippen molar-refractivity contribution in [1.82, 2.24) is 4.57 Å². The van der Waals surface area contributed by atoms with Crippen molar-refractivity contribution in [2.24, 2.45) is 0 Å². The van der Waals surface area contributed by atoms with Crippen molar-refractivity contribution in [1.29, 1.82) is 0 Å². The quantitative estimate of drug-likeness (QED) is 0.878. The maximum Gasteiger partial charge on any atom is 0.352 e. The highest BCUT2D eigenvalue weighted by Crippen LogP contribution is 2.24. The molecule has 0 fully saturated rings. The van der Waals surface area contributed by atoms with Crippen molar-refractivity contribution in [2.75, 3.05) is 0 Å². The number of aryl methyl sites for hydroxylation is 1. The summed E-state index contributed by atoms with van der Waals surface area (Å²) >= 11 is 0. The van der Waals surface area contributed by atoms with Gasteiger partial charge in [0.05, 0.1) is 0 Å². The Labute approximate surface area is 101 Å². The number of hydrogen-bond acceptors (Lipinski definition) is 1. The lowest BCUT2D eigenvalue weighted by Crippen LogP contribution is -2.06. The summed E-state index contributed by atoms with van der Waals surface area (Å²) in [6, 6.07) is 7.91. The van der Waals surface area contributed by atoms with Crippen LogP contribution in [-0.2, 0) is 6.54 Å². The van der Waals surface area contributed by atoms with E-state index in [0.29, 0.717) is 18.2 Å². The molecule has 3 heteroatoms. The number of fused-ring (bicyclic) bond motifs is 1. The SMILES string of the molecule is CCn1c(C(=O)O)cc2ccc(C(C)C)cc21. The number of nitrogens with zero attached hydrogens (tertiary/aromatic N) is 1. The van der Waals surface area contributed by atoms with E-state index in [-0.39, 0.29) is 0 Å². The van der Waals surface area contributed by atoms with E-state index in [0.717, 1.165) is 10.9 Å². The van der Waals surface area contributed by atoms with Crippen molar-refractivity contribution in [3.05, 3.63) is 35.5 Å². The van der Waals surface area contributed by atoms with Gasteiger partial charge in [0.25, 0.3) is 0 Å².